The first-order valence-corrected chi connectivity index (χ1v) is 10.5. The Morgan fingerprint density at radius 1 is 0.812 bits per heavy atom. The summed E-state index contributed by atoms with van der Waals surface area (Å²) in [6, 6.07) is 28.3. The van der Waals surface area contributed by atoms with E-state index >= 15 is 0 Å². The molecule has 0 aliphatic carbocycles. The van der Waals surface area contributed by atoms with Crippen molar-refractivity contribution in [1.82, 2.24) is 19.5 Å². The predicted octanol–water partition coefficient (Wildman–Crippen LogP) is 4.62. The van der Waals surface area contributed by atoms with E-state index in [0.717, 1.165) is 22.4 Å². The van der Waals surface area contributed by atoms with E-state index in [2.05, 4.69) is 44.1 Å². The summed E-state index contributed by atoms with van der Waals surface area (Å²) < 4.78 is 1.60. The highest BCUT2D eigenvalue weighted by molar-refractivity contribution is 5.84. The second-order valence-corrected chi connectivity index (χ2v) is 7.82. The number of rotatable bonds is 6. The van der Waals surface area contributed by atoms with Crippen molar-refractivity contribution in [2.24, 2.45) is 0 Å². The van der Waals surface area contributed by atoms with Gasteiger partial charge in [-0.1, -0.05) is 78.4 Å². The molecule has 0 spiro atoms. The van der Waals surface area contributed by atoms with Crippen LogP contribution in [0.25, 0.3) is 16.9 Å². The summed E-state index contributed by atoms with van der Waals surface area (Å²) in [7, 11) is 0. The van der Waals surface area contributed by atoms with Gasteiger partial charge in [0.25, 0.3) is 0 Å². The van der Waals surface area contributed by atoms with E-state index in [1.807, 2.05) is 67.6 Å². The van der Waals surface area contributed by atoms with Crippen molar-refractivity contribution in [2.75, 3.05) is 4.90 Å². The molecule has 2 heterocycles. The quantitative estimate of drug-likeness (QED) is 0.434. The molecule has 0 amide bonds. The molecule has 0 radical (unpaired) electrons. The number of nitrogens with one attached hydrogen (secondary N) is 1. The second-order valence-electron chi connectivity index (χ2n) is 7.82. The largest absolute Gasteiger partial charge is 0.346 e. The molecular formula is C26H23N5O. The number of fused-ring (bicyclic) bond motifs is 1. The normalized spacial score (nSPS) is 11.0. The number of H-pyrrole nitrogens is 1. The highest BCUT2D eigenvalue weighted by Crippen LogP contribution is 2.25. The maximum absolute atomic E-state index is 12.9. The molecule has 5 rings (SSSR count). The first-order valence-electron chi connectivity index (χ1n) is 10.5. The molecule has 0 fully saturated rings. The minimum Gasteiger partial charge on any atom is -0.346 e. The molecule has 32 heavy (non-hydrogen) atoms. The maximum Gasteiger partial charge on any atom is 0.332 e. The lowest BCUT2D eigenvalue weighted by molar-refractivity contribution is 0.785. The van der Waals surface area contributed by atoms with E-state index in [0.29, 0.717) is 30.1 Å². The predicted molar refractivity (Wildman–Crippen MR) is 127 cm³/mol. The molecule has 3 aromatic carbocycles. The van der Waals surface area contributed by atoms with Crippen LogP contribution in [0.4, 0.5) is 5.82 Å². The van der Waals surface area contributed by atoms with Crippen LogP contribution in [-0.4, -0.2) is 19.5 Å². The van der Waals surface area contributed by atoms with Gasteiger partial charge in [0.15, 0.2) is 11.5 Å². The summed E-state index contributed by atoms with van der Waals surface area (Å²) in [4.78, 5) is 27.2. The Kier molecular flexibility index (Phi) is 5.25. The Hall–Kier alpha value is -4.19. The summed E-state index contributed by atoms with van der Waals surface area (Å²) in [5.74, 6) is 0.700. The number of imidazole rings is 1. The van der Waals surface area contributed by atoms with E-state index in [1.165, 1.54) is 6.33 Å². The molecule has 0 atom stereocenters. The van der Waals surface area contributed by atoms with E-state index in [9.17, 15) is 4.79 Å². The van der Waals surface area contributed by atoms with Crippen LogP contribution in [0.5, 0.6) is 0 Å². The van der Waals surface area contributed by atoms with Crippen molar-refractivity contribution in [3.05, 3.63) is 118 Å². The first-order chi connectivity index (χ1) is 15.7. The van der Waals surface area contributed by atoms with Gasteiger partial charge in [-0.25, -0.2) is 19.3 Å². The average molecular weight is 422 g/mol. The van der Waals surface area contributed by atoms with Gasteiger partial charge in [0, 0.05) is 13.1 Å². The van der Waals surface area contributed by atoms with Crippen LogP contribution in [0.15, 0.2) is 96.1 Å². The fraction of sp³-hybridized carbons (Fsp3) is 0.115. The van der Waals surface area contributed by atoms with Gasteiger partial charge in [-0.3, -0.25) is 0 Å². The second kappa shape index (κ2) is 8.51. The van der Waals surface area contributed by atoms with Crippen molar-refractivity contribution >= 4 is 17.0 Å². The number of benzene rings is 3. The highest BCUT2D eigenvalue weighted by Gasteiger charge is 2.19. The number of hydrogen-bond acceptors (Lipinski definition) is 4. The van der Waals surface area contributed by atoms with Crippen LogP contribution in [-0.2, 0) is 13.1 Å². The summed E-state index contributed by atoms with van der Waals surface area (Å²) >= 11 is 0. The van der Waals surface area contributed by atoms with Crippen LogP contribution >= 0.6 is 0 Å². The fourth-order valence-electron chi connectivity index (χ4n) is 3.89. The molecule has 2 aromatic heterocycles. The molecule has 0 aliphatic heterocycles. The smallest absolute Gasteiger partial charge is 0.332 e. The van der Waals surface area contributed by atoms with Crippen molar-refractivity contribution < 1.29 is 0 Å². The Morgan fingerprint density at radius 2 is 1.41 bits per heavy atom. The van der Waals surface area contributed by atoms with Gasteiger partial charge in [0.2, 0.25) is 0 Å². The molecule has 158 valence electrons. The van der Waals surface area contributed by atoms with Gasteiger partial charge in [-0.15, -0.1) is 0 Å². The van der Waals surface area contributed by atoms with E-state index in [-0.39, 0.29) is 5.69 Å². The van der Waals surface area contributed by atoms with Gasteiger partial charge >= 0.3 is 5.69 Å². The Labute approximate surface area is 185 Å². The van der Waals surface area contributed by atoms with Crippen molar-refractivity contribution in [2.45, 2.75) is 20.0 Å². The topological polar surface area (TPSA) is 66.8 Å². The first kappa shape index (κ1) is 19.8. The molecule has 6 nitrogen and oxygen atoms in total. The Bertz CT molecular complexity index is 1350. The third-order valence-electron chi connectivity index (χ3n) is 5.48. The standard InChI is InChI=1S/C26H23N5O/c1-19-12-14-22(15-13-19)31-25-23(29-26(31)32)24(27-18-28-25)30(16-20-8-4-2-5-9-20)17-21-10-6-3-7-11-21/h2-15,18H,16-17H2,1H3,(H,29,32). The van der Waals surface area contributed by atoms with Gasteiger partial charge < -0.3 is 9.88 Å². The molecular weight excluding hydrogens is 398 g/mol. The third-order valence-corrected chi connectivity index (χ3v) is 5.48. The lowest BCUT2D eigenvalue weighted by atomic mass is 10.1. The zero-order valence-corrected chi connectivity index (χ0v) is 17.8. The number of nitrogens with zero attached hydrogens (tertiary/aromatic N) is 4. The molecule has 0 saturated heterocycles. The number of aromatic amines is 1. The van der Waals surface area contributed by atoms with Crippen LogP contribution in [0, 0.1) is 6.92 Å². The molecule has 5 aromatic rings. The minimum atomic E-state index is -0.232. The molecule has 1 N–H and O–H groups in total. The Morgan fingerprint density at radius 3 is 2.00 bits per heavy atom. The summed E-state index contributed by atoms with van der Waals surface area (Å²) in [6.45, 7) is 3.33. The number of aromatic nitrogens is 4. The zero-order valence-electron chi connectivity index (χ0n) is 17.8. The van der Waals surface area contributed by atoms with Gasteiger partial charge in [0.1, 0.15) is 11.8 Å². The molecule has 0 saturated carbocycles. The Balaban J connectivity index is 1.63. The lowest BCUT2D eigenvalue weighted by Gasteiger charge is -2.24. The van der Waals surface area contributed by atoms with E-state index in [1.54, 1.807) is 4.57 Å². The van der Waals surface area contributed by atoms with Crippen molar-refractivity contribution in [3.63, 3.8) is 0 Å². The maximum atomic E-state index is 12.9. The molecule has 6 heteroatoms. The third kappa shape index (κ3) is 3.90. The van der Waals surface area contributed by atoms with Crippen LogP contribution in [0.2, 0.25) is 0 Å². The minimum absolute atomic E-state index is 0.232. The SMILES string of the molecule is Cc1ccc(-n2c(=O)[nH]c3c(N(Cc4ccccc4)Cc4ccccc4)ncnc32)cc1. The van der Waals surface area contributed by atoms with E-state index in [4.69, 9.17) is 0 Å². The van der Waals surface area contributed by atoms with Gasteiger partial charge in [0.05, 0.1) is 5.69 Å². The van der Waals surface area contributed by atoms with Crippen molar-refractivity contribution in [3.8, 4) is 5.69 Å². The number of hydrogen-bond donors (Lipinski definition) is 1. The van der Waals surface area contributed by atoms with Gasteiger partial charge in [-0.2, -0.15) is 0 Å². The van der Waals surface area contributed by atoms with E-state index < -0.39 is 0 Å². The lowest BCUT2D eigenvalue weighted by Crippen LogP contribution is -2.23. The average Bonchev–Trinajstić information content (AvgIpc) is 3.16. The van der Waals surface area contributed by atoms with Gasteiger partial charge in [-0.05, 0) is 30.2 Å². The van der Waals surface area contributed by atoms with Crippen molar-refractivity contribution in [1.29, 1.82) is 0 Å². The molecule has 0 unspecified atom stereocenters. The summed E-state index contributed by atoms with van der Waals surface area (Å²) in [5.41, 5.74) is 5.19. The molecule has 0 aliphatic rings. The summed E-state index contributed by atoms with van der Waals surface area (Å²) in [5, 5.41) is 0. The highest BCUT2D eigenvalue weighted by atomic mass is 16.1. The van der Waals surface area contributed by atoms with Crippen LogP contribution < -0.4 is 10.6 Å². The fourth-order valence-corrected chi connectivity index (χ4v) is 3.89. The zero-order chi connectivity index (χ0) is 21.9. The van der Waals surface area contributed by atoms with Crippen LogP contribution in [0.3, 0.4) is 0 Å². The molecule has 0 bridgehead atoms. The monoisotopic (exact) mass is 421 g/mol. The number of anilines is 1. The number of aryl methyl sites for hydroxylation is 1. The van der Waals surface area contributed by atoms with Crippen LogP contribution in [0.1, 0.15) is 16.7 Å². The summed E-state index contributed by atoms with van der Waals surface area (Å²) in [6.07, 6.45) is 1.53.